The first-order chi connectivity index (χ1) is 14.6. The Kier molecular flexibility index (Phi) is 5.81. The van der Waals surface area contributed by atoms with Crippen LogP contribution in [0.4, 0.5) is 8.78 Å². The van der Waals surface area contributed by atoms with Crippen LogP contribution in [0.25, 0.3) is 17.1 Å². The average molecular weight is 423 g/mol. The Hall–Kier alpha value is -3.19. The molecule has 0 radical (unpaired) electrons. The largest absolute Gasteiger partial charge is 0.496 e. The van der Waals surface area contributed by atoms with Crippen LogP contribution >= 0.6 is 11.8 Å². The zero-order valence-electron chi connectivity index (χ0n) is 16.5. The lowest BCUT2D eigenvalue weighted by molar-refractivity contribution is 0.416. The van der Waals surface area contributed by atoms with Gasteiger partial charge >= 0.3 is 0 Å². The summed E-state index contributed by atoms with van der Waals surface area (Å²) >= 11 is 1.34. The van der Waals surface area contributed by atoms with Gasteiger partial charge in [-0.15, -0.1) is 10.2 Å². The molecule has 0 atom stereocenters. The Labute approximate surface area is 177 Å². The number of hydrogen-bond donors (Lipinski definition) is 0. The normalized spacial score (nSPS) is 10.9. The van der Waals surface area contributed by atoms with Crippen LogP contribution in [0.3, 0.4) is 0 Å². The number of halogens is 2. The van der Waals surface area contributed by atoms with Crippen molar-refractivity contribution < 1.29 is 13.5 Å². The van der Waals surface area contributed by atoms with Crippen LogP contribution in [0.1, 0.15) is 11.1 Å². The van der Waals surface area contributed by atoms with Gasteiger partial charge in [-0.25, -0.2) is 8.78 Å². The molecular weight excluding hydrogens is 404 g/mol. The fourth-order valence-corrected chi connectivity index (χ4v) is 4.09. The molecule has 3 aromatic carbocycles. The minimum absolute atomic E-state index is 0.294. The number of para-hydroxylation sites is 1. The summed E-state index contributed by atoms with van der Waals surface area (Å²) in [6.07, 6.45) is 0. The highest BCUT2D eigenvalue weighted by Crippen LogP contribution is 2.34. The van der Waals surface area contributed by atoms with Crippen LogP contribution in [-0.4, -0.2) is 21.9 Å². The lowest BCUT2D eigenvalue weighted by Crippen LogP contribution is -2.01. The number of thioether (sulfide) groups is 1. The summed E-state index contributed by atoms with van der Waals surface area (Å²) < 4.78 is 34.7. The lowest BCUT2D eigenvalue weighted by Gasteiger charge is -2.13. The molecule has 4 nitrogen and oxygen atoms in total. The Morgan fingerprint density at radius 3 is 2.57 bits per heavy atom. The van der Waals surface area contributed by atoms with Gasteiger partial charge < -0.3 is 4.74 Å². The fraction of sp³-hybridized carbons (Fsp3) is 0.130. The van der Waals surface area contributed by atoms with E-state index in [0.717, 1.165) is 22.9 Å². The molecule has 0 saturated heterocycles. The van der Waals surface area contributed by atoms with Gasteiger partial charge in [-0.1, -0.05) is 42.1 Å². The molecule has 4 aromatic rings. The highest BCUT2D eigenvalue weighted by atomic mass is 32.2. The van der Waals surface area contributed by atoms with E-state index in [0.29, 0.717) is 28.0 Å². The zero-order valence-corrected chi connectivity index (χ0v) is 17.3. The van der Waals surface area contributed by atoms with Crippen molar-refractivity contribution in [3.05, 3.63) is 89.5 Å². The third-order valence-electron chi connectivity index (χ3n) is 4.61. The summed E-state index contributed by atoms with van der Waals surface area (Å²) in [6, 6.07) is 19.2. The number of nitrogens with zero attached hydrogens (tertiary/aromatic N) is 3. The molecule has 0 unspecified atom stereocenters. The number of ether oxygens (including phenoxy) is 1. The summed E-state index contributed by atoms with van der Waals surface area (Å²) in [5.74, 6) is 0.430. The van der Waals surface area contributed by atoms with Gasteiger partial charge in [-0.05, 0) is 48.4 Å². The van der Waals surface area contributed by atoms with Gasteiger partial charge in [0.05, 0.1) is 12.7 Å². The van der Waals surface area contributed by atoms with Crippen LogP contribution in [0.2, 0.25) is 0 Å². The highest BCUT2D eigenvalue weighted by molar-refractivity contribution is 7.98. The SMILES string of the molecule is COc1ccccc1-c1nnc(SCc2ccc(F)cc2F)n1-c1cccc(C)c1. The number of hydrogen-bond acceptors (Lipinski definition) is 4. The average Bonchev–Trinajstić information content (AvgIpc) is 3.17. The van der Waals surface area contributed by atoms with Gasteiger partial charge in [0.1, 0.15) is 17.4 Å². The van der Waals surface area contributed by atoms with E-state index in [9.17, 15) is 8.78 Å². The number of benzene rings is 3. The fourth-order valence-electron chi connectivity index (χ4n) is 3.15. The maximum Gasteiger partial charge on any atom is 0.196 e. The molecule has 4 rings (SSSR count). The van der Waals surface area contributed by atoms with Gasteiger partial charge in [-0.2, -0.15) is 0 Å². The van der Waals surface area contributed by atoms with E-state index in [1.165, 1.54) is 23.9 Å². The standard InChI is InChI=1S/C23H19F2N3OS/c1-15-6-5-7-18(12-15)28-22(19-8-3-4-9-21(19)29-2)26-27-23(28)30-14-16-10-11-17(24)13-20(16)25/h3-13H,14H2,1-2H3. The molecule has 0 N–H and O–H groups in total. The van der Waals surface area contributed by atoms with Gasteiger partial charge in [0.25, 0.3) is 0 Å². The minimum Gasteiger partial charge on any atom is -0.496 e. The molecule has 0 aliphatic rings. The molecule has 0 fully saturated rings. The first-order valence-corrected chi connectivity index (χ1v) is 10.3. The summed E-state index contributed by atoms with van der Waals surface area (Å²) in [7, 11) is 1.61. The van der Waals surface area contributed by atoms with Crippen molar-refractivity contribution in [3.63, 3.8) is 0 Å². The molecule has 0 spiro atoms. The third kappa shape index (κ3) is 4.07. The van der Waals surface area contributed by atoms with E-state index in [1.54, 1.807) is 7.11 Å². The van der Waals surface area contributed by atoms with Crippen molar-refractivity contribution in [2.45, 2.75) is 17.8 Å². The van der Waals surface area contributed by atoms with Crippen molar-refractivity contribution in [3.8, 4) is 22.8 Å². The molecule has 30 heavy (non-hydrogen) atoms. The molecule has 0 saturated carbocycles. The predicted molar refractivity (Wildman–Crippen MR) is 114 cm³/mol. The van der Waals surface area contributed by atoms with Gasteiger partial charge in [0.2, 0.25) is 0 Å². The molecule has 0 amide bonds. The van der Waals surface area contributed by atoms with E-state index in [4.69, 9.17) is 4.74 Å². The third-order valence-corrected chi connectivity index (χ3v) is 5.59. The Balaban J connectivity index is 1.78. The van der Waals surface area contributed by atoms with E-state index in [2.05, 4.69) is 10.2 Å². The molecule has 0 aliphatic heterocycles. The van der Waals surface area contributed by atoms with Crippen LogP contribution in [-0.2, 0) is 5.75 Å². The van der Waals surface area contributed by atoms with Gasteiger partial charge in [0, 0.05) is 17.5 Å². The van der Waals surface area contributed by atoms with Crippen molar-refractivity contribution in [2.75, 3.05) is 7.11 Å². The molecule has 1 aromatic heterocycles. The van der Waals surface area contributed by atoms with Crippen LogP contribution in [0, 0.1) is 18.6 Å². The van der Waals surface area contributed by atoms with Gasteiger partial charge in [0.15, 0.2) is 11.0 Å². The second-order valence-electron chi connectivity index (χ2n) is 6.71. The summed E-state index contributed by atoms with van der Waals surface area (Å²) in [5, 5.41) is 9.37. The number of rotatable bonds is 6. The van der Waals surface area contributed by atoms with Crippen molar-refractivity contribution in [1.29, 1.82) is 0 Å². The molecule has 152 valence electrons. The minimum atomic E-state index is -0.595. The summed E-state index contributed by atoms with van der Waals surface area (Å²) in [5.41, 5.74) is 3.18. The lowest BCUT2D eigenvalue weighted by atomic mass is 10.1. The molecule has 0 bridgehead atoms. The second kappa shape index (κ2) is 8.67. The monoisotopic (exact) mass is 423 g/mol. The first-order valence-electron chi connectivity index (χ1n) is 9.29. The summed E-state index contributed by atoms with van der Waals surface area (Å²) in [6.45, 7) is 2.01. The first kappa shape index (κ1) is 20.1. The van der Waals surface area contributed by atoms with E-state index in [1.807, 2.05) is 60.0 Å². The summed E-state index contributed by atoms with van der Waals surface area (Å²) in [4.78, 5) is 0. The van der Waals surface area contributed by atoms with E-state index in [-0.39, 0.29) is 0 Å². The van der Waals surface area contributed by atoms with Crippen LogP contribution < -0.4 is 4.74 Å². The second-order valence-corrected chi connectivity index (χ2v) is 7.65. The van der Waals surface area contributed by atoms with Crippen LogP contribution in [0.15, 0.2) is 71.9 Å². The molecule has 1 heterocycles. The number of methoxy groups -OCH3 is 1. The van der Waals surface area contributed by atoms with Crippen molar-refractivity contribution in [1.82, 2.24) is 14.8 Å². The molecular formula is C23H19F2N3OS. The van der Waals surface area contributed by atoms with Crippen molar-refractivity contribution in [2.24, 2.45) is 0 Å². The maximum atomic E-state index is 14.1. The number of aryl methyl sites for hydroxylation is 1. The Morgan fingerprint density at radius 2 is 1.80 bits per heavy atom. The Morgan fingerprint density at radius 1 is 0.967 bits per heavy atom. The highest BCUT2D eigenvalue weighted by Gasteiger charge is 2.19. The van der Waals surface area contributed by atoms with Gasteiger partial charge in [-0.3, -0.25) is 4.57 Å². The smallest absolute Gasteiger partial charge is 0.196 e. The van der Waals surface area contributed by atoms with Crippen molar-refractivity contribution >= 4 is 11.8 Å². The molecule has 0 aliphatic carbocycles. The number of aromatic nitrogens is 3. The molecule has 7 heteroatoms. The van der Waals surface area contributed by atoms with E-state index >= 15 is 0 Å². The maximum absolute atomic E-state index is 14.1. The predicted octanol–water partition coefficient (Wildman–Crippen LogP) is 5.82. The van der Waals surface area contributed by atoms with E-state index < -0.39 is 11.6 Å². The zero-order chi connectivity index (χ0) is 21.1. The van der Waals surface area contributed by atoms with Crippen LogP contribution in [0.5, 0.6) is 5.75 Å². The topological polar surface area (TPSA) is 39.9 Å². The Bertz CT molecular complexity index is 1190. The quantitative estimate of drug-likeness (QED) is 0.366.